The summed E-state index contributed by atoms with van der Waals surface area (Å²) >= 11 is 0. The Morgan fingerprint density at radius 3 is 2.74 bits per heavy atom. The van der Waals surface area contributed by atoms with Gasteiger partial charge in [-0.1, -0.05) is 18.2 Å². The lowest BCUT2D eigenvalue weighted by Gasteiger charge is -2.35. The topological polar surface area (TPSA) is 79.0 Å². The van der Waals surface area contributed by atoms with Crippen LogP contribution in [0.4, 0.5) is 4.39 Å². The lowest BCUT2D eigenvalue weighted by molar-refractivity contribution is -0.147. The molecule has 3 rings (SSSR count). The third kappa shape index (κ3) is 4.82. The number of rotatable bonds is 7. The first-order chi connectivity index (χ1) is 13.0. The summed E-state index contributed by atoms with van der Waals surface area (Å²) in [6, 6.07) is 5.79. The number of benzene rings is 1. The van der Waals surface area contributed by atoms with Crippen LogP contribution in [0.2, 0.25) is 0 Å². The quantitative estimate of drug-likeness (QED) is 0.707. The lowest BCUT2D eigenvalue weighted by atomic mass is 10.1. The third-order valence-corrected chi connectivity index (χ3v) is 4.97. The summed E-state index contributed by atoms with van der Waals surface area (Å²) in [6.07, 6.45) is 1.69. The molecule has 0 bridgehead atoms. The summed E-state index contributed by atoms with van der Waals surface area (Å²) in [7, 11) is 1.27. The number of hydrogen-bond acceptors (Lipinski definition) is 5. The third-order valence-electron chi connectivity index (χ3n) is 4.97. The van der Waals surface area contributed by atoms with E-state index >= 15 is 0 Å². The molecule has 1 N–H and O–H groups in total. The molecule has 1 aromatic rings. The predicted octanol–water partition coefficient (Wildman–Crippen LogP) is 0.680. The molecule has 0 spiro atoms. The number of methoxy groups -OCH3 is 1. The maximum Gasteiger partial charge on any atom is 0.307 e. The van der Waals surface area contributed by atoms with Crippen LogP contribution in [0.25, 0.3) is 0 Å². The second-order valence-corrected chi connectivity index (χ2v) is 6.90. The number of carbonyl (C=O) groups excluding carboxylic acids is 3. The van der Waals surface area contributed by atoms with E-state index in [0.29, 0.717) is 18.7 Å². The molecule has 0 radical (unpaired) electrons. The highest BCUT2D eigenvalue weighted by Crippen LogP contribution is 2.29. The van der Waals surface area contributed by atoms with Crippen molar-refractivity contribution in [2.24, 2.45) is 0 Å². The molecule has 1 atom stereocenters. The van der Waals surface area contributed by atoms with Crippen molar-refractivity contribution in [3.63, 3.8) is 0 Å². The molecule has 2 fully saturated rings. The van der Waals surface area contributed by atoms with Gasteiger partial charge in [0.25, 0.3) is 0 Å². The van der Waals surface area contributed by atoms with Gasteiger partial charge in [-0.3, -0.25) is 19.3 Å². The number of amides is 2. The Hall–Kier alpha value is -2.48. The number of nitrogens with one attached hydrogen (secondary N) is 1. The smallest absolute Gasteiger partial charge is 0.307 e. The van der Waals surface area contributed by atoms with E-state index in [0.717, 1.165) is 12.8 Å². The number of nitrogens with zero attached hydrogens (tertiary/aromatic N) is 2. The van der Waals surface area contributed by atoms with Gasteiger partial charge in [0, 0.05) is 31.2 Å². The Morgan fingerprint density at radius 2 is 2.07 bits per heavy atom. The highest BCUT2D eigenvalue weighted by molar-refractivity contribution is 5.88. The van der Waals surface area contributed by atoms with Crippen molar-refractivity contribution in [1.29, 1.82) is 0 Å². The van der Waals surface area contributed by atoms with Crippen LogP contribution in [-0.4, -0.2) is 66.4 Å². The SMILES string of the molecule is COC(=O)CC1C(=O)NCCN1CC(=O)N(Cc1ccccc1F)C1CC1. The molecule has 8 heteroatoms. The standard InChI is InChI=1S/C19H24FN3O4/c1-27-18(25)10-16-19(26)21-8-9-22(16)12-17(24)23(14-6-7-14)11-13-4-2-3-5-15(13)20/h2-5,14,16H,6-12H2,1H3,(H,21,26). The molecule has 27 heavy (non-hydrogen) atoms. The van der Waals surface area contributed by atoms with E-state index in [1.807, 2.05) is 0 Å². The van der Waals surface area contributed by atoms with E-state index in [9.17, 15) is 18.8 Å². The molecule has 2 aliphatic rings. The van der Waals surface area contributed by atoms with Gasteiger partial charge < -0.3 is 15.0 Å². The van der Waals surface area contributed by atoms with Crippen molar-refractivity contribution in [3.05, 3.63) is 35.6 Å². The minimum Gasteiger partial charge on any atom is -0.469 e. The van der Waals surface area contributed by atoms with Gasteiger partial charge in [0.1, 0.15) is 11.9 Å². The van der Waals surface area contributed by atoms with Gasteiger partial charge in [0.2, 0.25) is 11.8 Å². The van der Waals surface area contributed by atoms with E-state index in [4.69, 9.17) is 0 Å². The van der Waals surface area contributed by atoms with Crippen molar-refractivity contribution in [1.82, 2.24) is 15.1 Å². The molecule has 1 unspecified atom stereocenters. The van der Waals surface area contributed by atoms with Crippen molar-refractivity contribution in [2.45, 2.75) is 37.9 Å². The zero-order chi connectivity index (χ0) is 19.4. The molecule has 146 valence electrons. The molecule has 2 amide bonds. The highest BCUT2D eigenvalue weighted by Gasteiger charge is 2.37. The van der Waals surface area contributed by atoms with E-state index in [1.54, 1.807) is 28.0 Å². The molecule has 1 aliphatic heterocycles. The zero-order valence-corrected chi connectivity index (χ0v) is 15.3. The second kappa shape index (κ2) is 8.47. The van der Waals surface area contributed by atoms with Gasteiger partial charge in [-0.25, -0.2) is 4.39 Å². The summed E-state index contributed by atoms with van der Waals surface area (Å²) < 4.78 is 18.7. The Bertz CT molecular complexity index is 723. The zero-order valence-electron chi connectivity index (χ0n) is 15.3. The number of halogens is 1. The van der Waals surface area contributed by atoms with Crippen LogP contribution in [0.5, 0.6) is 0 Å². The van der Waals surface area contributed by atoms with Crippen LogP contribution in [0.1, 0.15) is 24.8 Å². The first-order valence-electron chi connectivity index (χ1n) is 9.11. The Labute approximate surface area is 157 Å². The number of ether oxygens (including phenoxy) is 1. The first kappa shape index (κ1) is 19.3. The van der Waals surface area contributed by atoms with Gasteiger partial charge >= 0.3 is 5.97 Å². The summed E-state index contributed by atoms with van der Waals surface area (Å²) in [5, 5.41) is 2.71. The molecule has 1 aliphatic carbocycles. The number of piperazine rings is 1. The fourth-order valence-electron chi connectivity index (χ4n) is 3.30. The van der Waals surface area contributed by atoms with E-state index < -0.39 is 12.0 Å². The van der Waals surface area contributed by atoms with E-state index in [1.165, 1.54) is 13.2 Å². The molecular weight excluding hydrogens is 353 g/mol. The minimum absolute atomic E-state index is 0.0139. The summed E-state index contributed by atoms with van der Waals surface area (Å²) in [5.74, 6) is -1.28. The van der Waals surface area contributed by atoms with E-state index in [2.05, 4.69) is 10.1 Å². The predicted molar refractivity (Wildman–Crippen MR) is 95.0 cm³/mol. The van der Waals surface area contributed by atoms with E-state index in [-0.39, 0.29) is 43.2 Å². The Balaban J connectivity index is 1.69. The average Bonchev–Trinajstić information content (AvgIpc) is 3.48. The molecule has 1 aromatic carbocycles. The van der Waals surface area contributed by atoms with Crippen molar-refractivity contribution >= 4 is 17.8 Å². The van der Waals surface area contributed by atoms with Gasteiger partial charge in [0.05, 0.1) is 20.1 Å². The van der Waals surface area contributed by atoms with Crippen LogP contribution < -0.4 is 5.32 Å². The number of hydrogen-bond donors (Lipinski definition) is 1. The molecule has 0 aromatic heterocycles. The first-order valence-corrected chi connectivity index (χ1v) is 9.11. The maximum atomic E-state index is 14.0. The fourth-order valence-corrected chi connectivity index (χ4v) is 3.30. The number of carbonyl (C=O) groups is 3. The highest BCUT2D eigenvalue weighted by atomic mass is 19.1. The van der Waals surface area contributed by atoms with Crippen molar-refractivity contribution in [2.75, 3.05) is 26.7 Å². The number of esters is 1. The second-order valence-electron chi connectivity index (χ2n) is 6.90. The normalized spacial score (nSPS) is 20.1. The van der Waals surface area contributed by atoms with Crippen LogP contribution in [-0.2, 0) is 25.7 Å². The van der Waals surface area contributed by atoms with Crippen molar-refractivity contribution < 1.29 is 23.5 Å². The Morgan fingerprint density at radius 1 is 1.33 bits per heavy atom. The lowest BCUT2D eigenvalue weighted by Crippen LogP contribution is -2.58. The van der Waals surface area contributed by atoms with Gasteiger partial charge in [-0.15, -0.1) is 0 Å². The summed E-state index contributed by atoms with van der Waals surface area (Å²) in [5.41, 5.74) is 0.472. The molecule has 7 nitrogen and oxygen atoms in total. The van der Waals surface area contributed by atoms with Gasteiger partial charge in [-0.05, 0) is 18.9 Å². The molecule has 1 saturated heterocycles. The molecule has 1 heterocycles. The van der Waals surface area contributed by atoms with Crippen LogP contribution in [0, 0.1) is 5.82 Å². The van der Waals surface area contributed by atoms with Crippen molar-refractivity contribution in [3.8, 4) is 0 Å². The Kier molecular flexibility index (Phi) is 6.05. The minimum atomic E-state index is -0.732. The summed E-state index contributed by atoms with van der Waals surface area (Å²) in [6.45, 7) is 1.11. The summed E-state index contributed by atoms with van der Waals surface area (Å²) in [4.78, 5) is 40.1. The average molecular weight is 377 g/mol. The fraction of sp³-hybridized carbons (Fsp3) is 0.526. The van der Waals surface area contributed by atoms with Crippen LogP contribution >= 0.6 is 0 Å². The maximum absolute atomic E-state index is 14.0. The molecule has 1 saturated carbocycles. The monoisotopic (exact) mass is 377 g/mol. The van der Waals surface area contributed by atoms with Gasteiger partial charge in [0.15, 0.2) is 0 Å². The molecular formula is C19H24FN3O4. The van der Waals surface area contributed by atoms with Crippen LogP contribution in [0.15, 0.2) is 24.3 Å². The van der Waals surface area contributed by atoms with Gasteiger partial charge in [-0.2, -0.15) is 0 Å². The largest absolute Gasteiger partial charge is 0.469 e. The van der Waals surface area contributed by atoms with Crippen LogP contribution in [0.3, 0.4) is 0 Å².